The molecule has 5 heteroatoms. The van der Waals surface area contributed by atoms with Crippen molar-refractivity contribution in [1.29, 1.82) is 0 Å². The van der Waals surface area contributed by atoms with Crippen LogP contribution in [-0.4, -0.2) is 41.1 Å². The molecule has 0 aliphatic carbocycles. The average molecular weight is 348 g/mol. The maximum Gasteiger partial charge on any atom is 1.00 e. The fourth-order valence-corrected chi connectivity index (χ4v) is 3.28. The smallest absolute Gasteiger partial charge is 1.00 e. The van der Waals surface area contributed by atoms with Crippen molar-refractivity contribution in [2.75, 3.05) is 25.0 Å². The van der Waals surface area contributed by atoms with E-state index in [2.05, 4.69) is 34.5 Å². The topological polar surface area (TPSA) is 52.6 Å². The number of carboxylic acid groups (broad SMARTS) is 1. The Morgan fingerprint density at radius 2 is 1.60 bits per heavy atom. The van der Waals surface area contributed by atoms with Crippen LogP contribution in [0, 0.1) is 0 Å². The van der Waals surface area contributed by atoms with Crippen LogP contribution in [0.5, 0.6) is 0 Å². The third-order valence-corrected chi connectivity index (χ3v) is 4.84. The molecule has 0 amide bonds. The van der Waals surface area contributed by atoms with E-state index in [0.29, 0.717) is 12.8 Å². The molecule has 1 saturated heterocycles. The summed E-state index contributed by atoms with van der Waals surface area (Å²) in [5.74, 6) is -0.755. The standard InChI is InChI=1S/C20H24N2O2.Na.H/c23-19(24)20(21-18-9-5-2-6-10-18)12-15-22(16-13-20)14-11-17-7-3-1-4-8-17;;/h1-10,21H,11-16H2,(H,23,24);;/q;+1;-1. The van der Waals surface area contributed by atoms with Gasteiger partial charge in [-0.1, -0.05) is 48.5 Å². The Morgan fingerprint density at radius 1 is 1.04 bits per heavy atom. The molecule has 1 aliphatic rings. The summed E-state index contributed by atoms with van der Waals surface area (Å²) in [6.45, 7) is 2.59. The quantitative estimate of drug-likeness (QED) is 0.741. The minimum atomic E-state index is -0.857. The van der Waals surface area contributed by atoms with Gasteiger partial charge in [-0.3, -0.25) is 0 Å². The molecule has 2 N–H and O–H groups in total. The fourth-order valence-electron chi connectivity index (χ4n) is 3.28. The van der Waals surface area contributed by atoms with Crippen LogP contribution in [0.1, 0.15) is 19.8 Å². The van der Waals surface area contributed by atoms with E-state index in [4.69, 9.17) is 0 Å². The van der Waals surface area contributed by atoms with Gasteiger partial charge in [0.2, 0.25) is 0 Å². The predicted octanol–water partition coefficient (Wildman–Crippen LogP) is 0.377. The Bertz CT molecular complexity index is 662. The van der Waals surface area contributed by atoms with Crippen molar-refractivity contribution in [2.45, 2.75) is 24.8 Å². The van der Waals surface area contributed by atoms with Crippen molar-refractivity contribution in [3.05, 3.63) is 66.2 Å². The van der Waals surface area contributed by atoms with Gasteiger partial charge >= 0.3 is 35.5 Å². The van der Waals surface area contributed by atoms with Gasteiger partial charge in [0.05, 0.1) is 0 Å². The number of carbonyl (C=O) groups is 1. The number of hydrogen-bond acceptors (Lipinski definition) is 3. The molecule has 2 aromatic carbocycles. The van der Waals surface area contributed by atoms with Crippen LogP contribution in [0.15, 0.2) is 60.7 Å². The normalized spacial score (nSPS) is 16.6. The average Bonchev–Trinajstić information content (AvgIpc) is 2.63. The molecular weight excluding hydrogens is 323 g/mol. The Kier molecular flexibility index (Phi) is 7.51. The third-order valence-electron chi connectivity index (χ3n) is 4.84. The van der Waals surface area contributed by atoms with Gasteiger partial charge in [0.1, 0.15) is 5.54 Å². The first-order valence-corrected chi connectivity index (χ1v) is 8.51. The van der Waals surface area contributed by atoms with Crippen LogP contribution >= 0.6 is 0 Å². The van der Waals surface area contributed by atoms with E-state index in [1.165, 1.54) is 5.56 Å². The largest absolute Gasteiger partial charge is 1.00 e. The van der Waals surface area contributed by atoms with E-state index in [0.717, 1.165) is 31.7 Å². The molecule has 128 valence electrons. The summed E-state index contributed by atoms with van der Waals surface area (Å²) in [6.07, 6.45) is 2.24. The number of nitrogens with one attached hydrogen (secondary N) is 1. The number of carboxylic acids is 1. The molecule has 1 heterocycles. The number of benzene rings is 2. The summed E-state index contributed by atoms with van der Waals surface area (Å²) >= 11 is 0. The van der Waals surface area contributed by atoms with E-state index in [9.17, 15) is 9.90 Å². The maximum absolute atomic E-state index is 11.9. The van der Waals surface area contributed by atoms with E-state index in [1.807, 2.05) is 36.4 Å². The van der Waals surface area contributed by atoms with E-state index < -0.39 is 11.5 Å². The molecule has 2 aromatic rings. The molecule has 25 heavy (non-hydrogen) atoms. The van der Waals surface area contributed by atoms with E-state index in [1.54, 1.807) is 0 Å². The van der Waals surface area contributed by atoms with Crippen LogP contribution in [0.3, 0.4) is 0 Å². The molecule has 4 nitrogen and oxygen atoms in total. The number of hydrogen-bond donors (Lipinski definition) is 2. The number of nitrogens with zero attached hydrogens (tertiary/aromatic N) is 1. The summed E-state index contributed by atoms with van der Waals surface area (Å²) in [7, 11) is 0. The number of rotatable bonds is 6. The molecule has 0 spiro atoms. The molecule has 1 fully saturated rings. The summed E-state index contributed by atoms with van der Waals surface area (Å²) in [6, 6.07) is 20.1. The predicted molar refractivity (Wildman–Crippen MR) is 97.4 cm³/mol. The van der Waals surface area contributed by atoms with Crippen molar-refractivity contribution < 1.29 is 40.9 Å². The molecule has 0 atom stereocenters. The fraction of sp³-hybridized carbons (Fsp3) is 0.350. The second-order valence-corrected chi connectivity index (χ2v) is 6.46. The maximum atomic E-state index is 11.9. The van der Waals surface area contributed by atoms with Crippen molar-refractivity contribution in [2.24, 2.45) is 0 Å². The first-order chi connectivity index (χ1) is 11.7. The van der Waals surface area contributed by atoms with Gasteiger partial charge in [-0.15, -0.1) is 0 Å². The molecule has 0 unspecified atom stereocenters. The van der Waals surface area contributed by atoms with Gasteiger partial charge in [-0.05, 0) is 37.0 Å². The Hall–Kier alpha value is -1.33. The van der Waals surface area contributed by atoms with Crippen LogP contribution in [0.2, 0.25) is 0 Å². The Labute approximate surface area is 173 Å². The summed E-state index contributed by atoms with van der Waals surface area (Å²) in [5.41, 5.74) is 1.34. The minimum absolute atomic E-state index is 0. The van der Waals surface area contributed by atoms with Gasteiger partial charge < -0.3 is 16.7 Å². The van der Waals surface area contributed by atoms with Crippen LogP contribution in [-0.2, 0) is 11.2 Å². The zero-order valence-electron chi connectivity index (χ0n) is 15.8. The van der Waals surface area contributed by atoms with E-state index >= 15 is 0 Å². The number of piperidine rings is 1. The molecule has 0 radical (unpaired) electrons. The van der Waals surface area contributed by atoms with Crippen LogP contribution in [0.4, 0.5) is 5.69 Å². The summed E-state index contributed by atoms with van der Waals surface area (Å²) in [5, 5.41) is 13.0. The number of anilines is 1. The number of para-hydroxylation sites is 1. The van der Waals surface area contributed by atoms with Gasteiger partial charge in [0, 0.05) is 25.3 Å². The molecular formula is C20H25N2NaO2. The SMILES string of the molecule is O=C(O)C1(Nc2ccccc2)CCN(CCc2ccccc2)CC1.[H-].[Na+]. The molecule has 0 aromatic heterocycles. The first-order valence-electron chi connectivity index (χ1n) is 8.51. The number of likely N-dealkylation sites (tertiary alicyclic amines) is 1. The second-order valence-electron chi connectivity index (χ2n) is 6.46. The summed E-state index contributed by atoms with van der Waals surface area (Å²) in [4.78, 5) is 14.2. The van der Waals surface area contributed by atoms with Crippen LogP contribution < -0.4 is 34.9 Å². The van der Waals surface area contributed by atoms with Gasteiger partial charge in [-0.2, -0.15) is 0 Å². The zero-order chi connectivity index (χ0) is 16.8. The molecule has 0 bridgehead atoms. The van der Waals surface area contributed by atoms with Gasteiger partial charge in [0.25, 0.3) is 0 Å². The summed E-state index contributed by atoms with van der Waals surface area (Å²) < 4.78 is 0. The Morgan fingerprint density at radius 3 is 2.16 bits per heavy atom. The Balaban J connectivity index is 0.00000169. The second kappa shape index (κ2) is 9.39. The zero-order valence-corrected chi connectivity index (χ0v) is 16.8. The molecule has 0 saturated carbocycles. The third kappa shape index (κ3) is 5.32. The van der Waals surface area contributed by atoms with Crippen molar-refractivity contribution in [3.8, 4) is 0 Å². The van der Waals surface area contributed by atoms with Crippen LogP contribution in [0.25, 0.3) is 0 Å². The first kappa shape index (κ1) is 20.0. The van der Waals surface area contributed by atoms with Crippen molar-refractivity contribution >= 4 is 11.7 Å². The van der Waals surface area contributed by atoms with Crippen molar-refractivity contribution in [3.63, 3.8) is 0 Å². The van der Waals surface area contributed by atoms with Gasteiger partial charge in [0.15, 0.2) is 0 Å². The molecule has 1 aliphatic heterocycles. The van der Waals surface area contributed by atoms with Gasteiger partial charge in [-0.25, -0.2) is 4.79 Å². The molecule has 3 rings (SSSR count). The minimum Gasteiger partial charge on any atom is -1.00 e. The monoisotopic (exact) mass is 348 g/mol. The van der Waals surface area contributed by atoms with E-state index in [-0.39, 0.29) is 31.0 Å². The number of aliphatic carboxylic acids is 1. The van der Waals surface area contributed by atoms with Crippen molar-refractivity contribution in [1.82, 2.24) is 4.90 Å².